The van der Waals surface area contributed by atoms with Crippen molar-refractivity contribution in [3.05, 3.63) is 39.3 Å². The number of rotatable bonds is 7. The molecule has 0 fully saturated rings. The molecule has 1 aromatic rings. The van der Waals surface area contributed by atoms with Crippen LogP contribution in [0.5, 0.6) is 0 Å². The first-order chi connectivity index (χ1) is 8.16. The van der Waals surface area contributed by atoms with E-state index in [1.165, 1.54) is 12.8 Å². The summed E-state index contributed by atoms with van der Waals surface area (Å²) in [5.74, 6) is 0. The fourth-order valence-electron chi connectivity index (χ4n) is 1.48. The van der Waals surface area contributed by atoms with E-state index in [0.29, 0.717) is 10.0 Å². The SMILES string of the molecule is C=CCCCCCNc1ccc(Br)c(Cl)c1Cl. The van der Waals surface area contributed by atoms with Crippen molar-refractivity contribution >= 4 is 44.8 Å². The first kappa shape index (κ1) is 14.9. The quantitative estimate of drug-likeness (QED) is 0.370. The molecule has 0 aliphatic heterocycles. The standard InChI is InChI=1S/C13H16BrCl2N/c1-2-3-4-5-6-9-17-11-8-7-10(14)12(15)13(11)16/h2,7-8,17H,1,3-6,9H2. The maximum Gasteiger partial charge on any atom is 0.0835 e. The van der Waals surface area contributed by atoms with E-state index in [9.17, 15) is 0 Å². The van der Waals surface area contributed by atoms with Crippen molar-refractivity contribution in [3.8, 4) is 0 Å². The molecule has 94 valence electrons. The van der Waals surface area contributed by atoms with Gasteiger partial charge in [0.25, 0.3) is 0 Å². The number of nitrogens with one attached hydrogen (secondary N) is 1. The zero-order valence-corrected chi connectivity index (χ0v) is 12.7. The highest BCUT2D eigenvalue weighted by Crippen LogP contribution is 2.35. The van der Waals surface area contributed by atoms with E-state index < -0.39 is 0 Å². The minimum absolute atomic E-state index is 0.559. The number of anilines is 1. The predicted molar refractivity (Wildman–Crippen MR) is 81.3 cm³/mol. The van der Waals surface area contributed by atoms with Crippen molar-refractivity contribution in [2.75, 3.05) is 11.9 Å². The third-order valence-corrected chi connectivity index (χ3v) is 4.21. The number of allylic oxidation sites excluding steroid dienone is 1. The number of benzene rings is 1. The van der Waals surface area contributed by atoms with Crippen LogP contribution in [0.1, 0.15) is 25.7 Å². The summed E-state index contributed by atoms with van der Waals surface area (Å²) in [4.78, 5) is 0. The largest absolute Gasteiger partial charge is 0.384 e. The zero-order valence-electron chi connectivity index (χ0n) is 9.61. The Bertz CT molecular complexity index is 380. The van der Waals surface area contributed by atoms with Crippen LogP contribution < -0.4 is 5.32 Å². The van der Waals surface area contributed by atoms with Gasteiger partial charge < -0.3 is 5.32 Å². The van der Waals surface area contributed by atoms with Crippen molar-refractivity contribution in [1.29, 1.82) is 0 Å². The maximum atomic E-state index is 6.12. The number of unbranched alkanes of at least 4 members (excludes halogenated alkanes) is 3. The summed E-state index contributed by atoms with van der Waals surface area (Å²) in [5.41, 5.74) is 0.892. The van der Waals surface area contributed by atoms with Gasteiger partial charge in [-0.3, -0.25) is 0 Å². The number of hydrogen-bond acceptors (Lipinski definition) is 1. The molecule has 0 aliphatic rings. The van der Waals surface area contributed by atoms with Crippen LogP contribution in [-0.2, 0) is 0 Å². The van der Waals surface area contributed by atoms with Crippen molar-refractivity contribution in [2.45, 2.75) is 25.7 Å². The number of hydrogen-bond donors (Lipinski definition) is 1. The first-order valence-electron chi connectivity index (χ1n) is 5.65. The molecule has 4 heteroatoms. The molecule has 0 aromatic heterocycles. The van der Waals surface area contributed by atoms with E-state index >= 15 is 0 Å². The Kier molecular flexibility index (Phi) is 7.02. The van der Waals surface area contributed by atoms with Crippen LogP contribution in [-0.4, -0.2) is 6.54 Å². The molecule has 0 unspecified atom stereocenters. The minimum atomic E-state index is 0.559. The normalized spacial score (nSPS) is 10.3. The van der Waals surface area contributed by atoms with Gasteiger partial charge in [0.05, 0.1) is 15.7 Å². The molecule has 1 aromatic carbocycles. The molecular weight excluding hydrogens is 321 g/mol. The third-order valence-electron chi connectivity index (χ3n) is 2.44. The summed E-state index contributed by atoms with van der Waals surface area (Å²) in [6, 6.07) is 3.83. The summed E-state index contributed by atoms with van der Waals surface area (Å²) < 4.78 is 0.820. The summed E-state index contributed by atoms with van der Waals surface area (Å²) in [5, 5.41) is 4.43. The Morgan fingerprint density at radius 2 is 1.94 bits per heavy atom. The molecule has 17 heavy (non-hydrogen) atoms. The Morgan fingerprint density at radius 1 is 1.18 bits per heavy atom. The Hall–Kier alpha value is -0.180. The van der Waals surface area contributed by atoms with E-state index in [-0.39, 0.29) is 0 Å². The zero-order chi connectivity index (χ0) is 12.7. The van der Waals surface area contributed by atoms with E-state index in [2.05, 4.69) is 27.8 Å². The van der Waals surface area contributed by atoms with Gasteiger partial charge in [-0.2, -0.15) is 0 Å². The van der Waals surface area contributed by atoms with Crippen LogP contribution in [0, 0.1) is 0 Å². The highest BCUT2D eigenvalue weighted by Gasteiger charge is 2.07. The fraction of sp³-hybridized carbons (Fsp3) is 0.385. The van der Waals surface area contributed by atoms with Crippen molar-refractivity contribution in [2.24, 2.45) is 0 Å². The van der Waals surface area contributed by atoms with Crippen LogP contribution in [0.4, 0.5) is 5.69 Å². The van der Waals surface area contributed by atoms with Crippen molar-refractivity contribution in [3.63, 3.8) is 0 Å². The molecule has 1 rings (SSSR count). The molecule has 0 saturated carbocycles. The molecule has 0 heterocycles. The van der Waals surface area contributed by atoms with Crippen LogP contribution in [0.15, 0.2) is 29.3 Å². The Balaban J connectivity index is 2.37. The van der Waals surface area contributed by atoms with Crippen molar-refractivity contribution < 1.29 is 0 Å². The van der Waals surface area contributed by atoms with Crippen LogP contribution in [0.25, 0.3) is 0 Å². The molecule has 1 nitrogen and oxygen atoms in total. The smallest absolute Gasteiger partial charge is 0.0835 e. The lowest BCUT2D eigenvalue weighted by Gasteiger charge is -2.10. The Labute approximate surface area is 121 Å². The van der Waals surface area contributed by atoms with E-state index in [1.54, 1.807) is 0 Å². The van der Waals surface area contributed by atoms with E-state index in [0.717, 1.165) is 29.5 Å². The van der Waals surface area contributed by atoms with Gasteiger partial charge >= 0.3 is 0 Å². The maximum absolute atomic E-state index is 6.12. The average molecular weight is 337 g/mol. The summed E-state index contributed by atoms with van der Waals surface area (Å²) >= 11 is 15.5. The van der Waals surface area contributed by atoms with Gasteiger partial charge in [-0.1, -0.05) is 35.7 Å². The molecular formula is C13H16BrCl2N. The van der Waals surface area contributed by atoms with Gasteiger partial charge in [0.1, 0.15) is 0 Å². The van der Waals surface area contributed by atoms with Gasteiger partial charge in [-0.05, 0) is 47.3 Å². The third kappa shape index (κ3) is 4.90. The van der Waals surface area contributed by atoms with E-state index in [1.807, 2.05) is 18.2 Å². The second-order valence-corrected chi connectivity index (χ2v) is 5.40. The van der Waals surface area contributed by atoms with Crippen LogP contribution in [0.2, 0.25) is 10.0 Å². The highest BCUT2D eigenvalue weighted by molar-refractivity contribution is 9.10. The molecule has 0 amide bonds. The molecule has 0 atom stereocenters. The monoisotopic (exact) mass is 335 g/mol. The van der Waals surface area contributed by atoms with E-state index in [4.69, 9.17) is 23.2 Å². The lowest BCUT2D eigenvalue weighted by Crippen LogP contribution is -2.02. The van der Waals surface area contributed by atoms with Gasteiger partial charge in [0.2, 0.25) is 0 Å². The second-order valence-electron chi connectivity index (χ2n) is 3.79. The summed E-state index contributed by atoms with van der Waals surface area (Å²) in [7, 11) is 0. The average Bonchev–Trinajstić information content (AvgIpc) is 2.33. The molecule has 0 aliphatic carbocycles. The predicted octanol–water partition coefficient (Wildman–Crippen LogP) is 5.91. The second kappa shape index (κ2) is 8.02. The lowest BCUT2D eigenvalue weighted by molar-refractivity contribution is 0.709. The van der Waals surface area contributed by atoms with Gasteiger partial charge in [0, 0.05) is 11.0 Å². The van der Waals surface area contributed by atoms with Gasteiger partial charge in [0.15, 0.2) is 0 Å². The minimum Gasteiger partial charge on any atom is -0.384 e. The lowest BCUT2D eigenvalue weighted by atomic mass is 10.2. The van der Waals surface area contributed by atoms with Gasteiger partial charge in [-0.25, -0.2) is 0 Å². The molecule has 0 saturated heterocycles. The molecule has 0 spiro atoms. The summed E-state index contributed by atoms with van der Waals surface area (Å²) in [6.07, 6.45) is 6.56. The summed E-state index contributed by atoms with van der Waals surface area (Å²) in [6.45, 7) is 4.61. The fourth-order valence-corrected chi connectivity index (χ4v) is 2.32. The molecule has 1 N–H and O–H groups in total. The van der Waals surface area contributed by atoms with Crippen LogP contribution in [0.3, 0.4) is 0 Å². The molecule has 0 bridgehead atoms. The van der Waals surface area contributed by atoms with Gasteiger partial charge in [-0.15, -0.1) is 6.58 Å². The van der Waals surface area contributed by atoms with Crippen LogP contribution >= 0.6 is 39.1 Å². The highest BCUT2D eigenvalue weighted by atomic mass is 79.9. The Morgan fingerprint density at radius 3 is 2.65 bits per heavy atom. The molecule has 0 radical (unpaired) electrons. The van der Waals surface area contributed by atoms with Crippen molar-refractivity contribution in [1.82, 2.24) is 0 Å². The topological polar surface area (TPSA) is 12.0 Å². The number of halogens is 3. The first-order valence-corrected chi connectivity index (χ1v) is 7.20.